The molecule has 0 saturated carbocycles. The van der Waals surface area contributed by atoms with Gasteiger partial charge >= 0.3 is 0 Å². The number of amides is 2. The van der Waals surface area contributed by atoms with Crippen LogP contribution < -0.4 is 20.3 Å². The van der Waals surface area contributed by atoms with Crippen molar-refractivity contribution in [2.45, 2.75) is 33.6 Å². The largest absolute Gasteiger partial charge is 0.484 e. The van der Waals surface area contributed by atoms with Crippen LogP contribution in [0, 0.1) is 13.8 Å². The molecular weight excluding hydrogens is 344 g/mol. The lowest BCUT2D eigenvalue weighted by molar-refractivity contribution is -0.131. The van der Waals surface area contributed by atoms with Crippen LogP contribution in [0.5, 0.6) is 11.5 Å². The Kier molecular flexibility index (Phi) is 7.23. The molecule has 0 spiro atoms. The minimum atomic E-state index is -0.455. The van der Waals surface area contributed by atoms with Crippen molar-refractivity contribution < 1.29 is 19.1 Å². The standard InChI is InChI=1S/C21H26N2O4/c1-14(2)18-9-8-16(4)11-19(18)27-13-21(25)23-22-20(24)12-26-17-7-5-6-15(3)10-17/h5-11,14H,12-13H2,1-4H3,(H,22,24)(H,23,25). The Labute approximate surface area is 159 Å². The summed E-state index contributed by atoms with van der Waals surface area (Å²) in [7, 11) is 0. The van der Waals surface area contributed by atoms with Gasteiger partial charge < -0.3 is 9.47 Å². The molecule has 0 bridgehead atoms. The molecule has 2 rings (SSSR count). The maximum absolute atomic E-state index is 11.9. The zero-order chi connectivity index (χ0) is 19.8. The number of benzene rings is 2. The average Bonchev–Trinajstić information content (AvgIpc) is 2.62. The molecule has 2 amide bonds. The van der Waals surface area contributed by atoms with Gasteiger partial charge in [-0.1, -0.05) is 38.1 Å². The van der Waals surface area contributed by atoms with Crippen molar-refractivity contribution in [3.05, 3.63) is 59.2 Å². The number of nitrogens with one attached hydrogen (secondary N) is 2. The molecule has 27 heavy (non-hydrogen) atoms. The third-order valence-electron chi connectivity index (χ3n) is 3.85. The van der Waals surface area contributed by atoms with E-state index >= 15 is 0 Å². The lowest BCUT2D eigenvalue weighted by Crippen LogP contribution is -2.45. The van der Waals surface area contributed by atoms with E-state index in [2.05, 4.69) is 24.7 Å². The molecule has 0 fully saturated rings. The molecule has 2 aromatic carbocycles. The molecule has 6 heteroatoms. The molecule has 6 nitrogen and oxygen atoms in total. The molecule has 0 aliphatic heterocycles. The number of rotatable bonds is 7. The predicted octanol–water partition coefficient (Wildman–Crippen LogP) is 3.03. The fourth-order valence-electron chi connectivity index (χ4n) is 2.45. The Hall–Kier alpha value is -3.02. The van der Waals surface area contributed by atoms with Crippen molar-refractivity contribution in [2.24, 2.45) is 0 Å². The van der Waals surface area contributed by atoms with Gasteiger partial charge in [-0.3, -0.25) is 20.4 Å². The third-order valence-corrected chi connectivity index (χ3v) is 3.85. The minimum Gasteiger partial charge on any atom is -0.484 e. The molecular formula is C21H26N2O4. The molecule has 0 aliphatic rings. The van der Waals surface area contributed by atoms with E-state index in [1.165, 1.54) is 0 Å². The van der Waals surface area contributed by atoms with Gasteiger partial charge in [0.1, 0.15) is 11.5 Å². The summed E-state index contributed by atoms with van der Waals surface area (Å²) in [5, 5.41) is 0. The predicted molar refractivity (Wildman–Crippen MR) is 104 cm³/mol. The second-order valence-corrected chi connectivity index (χ2v) is 6.69. The summed E-state index contributed by atoms with van der Waals surface area (Å²) in [6.45, 7) is 7.64. The molecule has 0 heterocycles. The Morgan fingerprint density at radius 2 is 1.52 bits per heavy atom. The second-order valence-electron chi connectivity index (χ2n) is 6.69. The fraction of sp³-hybridized carbons (Fsp3) is 0.333. The van der Waals surface area contributed by atoms with Crippen molar-refractivity contribution in [3.63, 3.8) is 0 Å². The molecule has 0 atom stereocenters. The van der Waals surface area contributed by atoms with Crippen molar-refractivity contribution in [1.29, 1.82) is 0 Å². The monoisotopic (exact) mass is 370 g/mol. The Bertz CT molecular complexity index is 803. The third kappa shape index (κ3) is 6.66. The van der Waals surface area contributed by atoms with Gasteiger partial charge in [0.05, 0.1) is 0 Å². The van der Waals surface area contributed by atoms with E-state index in [9.17, 15) is 9.59 Å². The van der Waals surface area contributed by atoms with Gasteiger partial charge in [0, 0.05) is 0 Å². The van der Waals surface area contributed by atoms with Crippen LogP contribution >= 0.6 is 0 Å². The Morgan fingerprint density at radius 3 is 2.15 bits per heavy atom. The van der Waals surface area contributed by atoms with Crippen LogP contribution in [0.1, 0.15) is 36.5 Å². The number of carbonyl (C=O) groups is 2. The van der Waals surface area contributed by atoms with Crippen LogP contribution in [-0.2, 0) is 9.59 Å². The molecule has 0 saturated heterocycles. The Balaban J connectivity index is 1.76. The smallest absolute Gasteiger partial charge is 0.276 e. The first kappa shape index (κ1) is 20.3. The van der Waals surface area contributed by atoms with Crippen molar-refractivity contribution in [1.82, 2.24) is 10.9 Å². The quantitative estimate of drug-likeness (QED) is 0.735. The summed E-state index contributed by atoms with van der Waals surface area (Å²) >= 11 is 0. The molecule has 0 radical (unpaired) electrons. The lowest BCUT2D eigenvalue weighted by atomic mass is 10.0. The molecule has 0 aromatic heterocycles. The highest BCUT2D eigenvalue weighted by Crippen LogP contribution is 2.27. The highest BCUT2D eigenvalue weighted by Gasteiger charge is 2.11. The Morgan fingerprint density at radius 1 is 0.889 bits per heavy atom. The van der Waals surface area contributed by atoms with Gasteiger partial charge in [0.15, 0.2) is 13.2 Å². The van der Waals surface area contributed by atoms with Gasteiger partial charge in [0.2, 0.25) is 0 Å². The maximum atomic E-state index is 11.9. The van der Waals surface area contributed by atoms with Gasteiger partial charge in [0.25, 0.3) is 11.8 Å². The van der Waals surface area contributed by atoms with E-state index in [4.69, 9.17) is 9.47 Å². The van der Waals surface area contributed by atoms with Crippen LogP contribution in [0.15, 0.2) is 42.5 Å². The van der Waals surface area contributed by atoms with E-state index in [-0.39, 0.29) is 19.1 Å². The molecule has 2 N–H and O–H groups in total. The zero-order valence-corrected chi connectivity index (χ0v) is 16.2. The fourth-order valence-corrected chi connectivity index (χ4v) is 2.45. The number of hydrazine groups is 1. The van der Waals surface area contributed by atoms with E-state index in [0.717, 1.165) is 16.7 Å². The van der Waals surface area contributed by atoms with Crippen molar-refractivity contribution in [2.75, 3.05) is 13.2 Å². The topological polar surface area (TPSA) is 76.7 Å². The first-order chi connectivity index (χ1) is 12.8. The molecule has 0 unspecified atom stereocenters. The van der Waals surface area contributed by atoms with Gasteiger partial charge in [-0.25, -0.2) is 0 Å². The number of ether oxygens (including phenoxy) is 2. The van der Waals surface area contributed by atoms with E-state index in [0.29, 0.717) is 11.5 Å². The van der Waals surface area contributed by atoms with Gasteiger partial charge in [-0.05, 0) is 54.7 Å². The van der Waals surface area contributed by atoms with E-state index in [1.54, 1.807) is 6.07 Å². The summed E-state index contributed by atoms with van der Waals surface area (Å²) in [6, 6.07) is 13.3. The zero-order valence-electron chi connectivity index (χ0n) is 16.2. The number of aryl methyl sites for hydroxylation is 2. The van der Waals surface area contributed by atoms with E-state index < -0.39 is 11.8 Å². The highest BCUT2D eigenvalue weighted by atomic mass is 16.5. The minimum absolute atomic E-state index is 0.192. The normalized spacial score (nSPS) is 10.4. The number of hydrogen-bond donors (Lipinski definition) is 2. The molecule has 0 aliphatic carbocycles. The summed E-state index contributed by atoms with van der Waals surface area (Å²) in [4.78, 5) is 23.7. The highest BCUT2D eigenvalue weighted by molar-refractivity contribution is 5.83. The van der Waals surface area contributed by atoms with E-state index in [1.807, 2.05) is 50.2 Å². The van der Waals surface area contributed by atoms with Gasteiger partial charge in [-0.15, -0.1) is 0 Å². The number of carbonyl (C=O) groups excluding carboxylic acids is 2. The maximum Gasteiger partial charge on any atom is 0.276 e. The number of hydrogen-bond acceptors (Lipinski definition) is 4. The molecule has 144 valence electrons. The van der Waals surface area contributed by atoms with Crippen LogP contribution in [0.3, 0.4) is 0 Å². The second kappa shape index (κ2) is 9.62. The molecule has 2 aromatic rings. The first-order valence-electron chi connectivity index (χ1n) is 8.85. The van der Waals surface area contributed by atoms with Crippen LogP contribution in [0.25, 0.3) is 0 Å². The summed E-state index contributed by atoms with van der Waals surface area (Å²) in [6.07, 6.45) is 0. The van der Waals surface area contributed by atoms with Crippen LogP contribution in [0.2, 0.25) is 0 Å². The summed E-state index contributed by atoms with van der Waals surface area (Å²) < 4.78 is 11.0. The van der Waals surface area contributed by atoms with Crippen molar-refractivity contribution in [3.8, 4) is 11.5 Å². The summed E-state index contributed by atoms with van der Waals surface area (Å²) in [5.41, 5.74) is 7.75. The SMILES string of the molecule is Cc1cccc(OCC(=O)NNC(=O)COc2cc(C)ccc2C(C)C)c1. The summed E-state index contributed by atoms with van der Waals surface area (Å²) in [5.74, 6) is 0.648. The van der Waals surface area contributed by atoms with Gasteiger partial charge in [-0.2, -0.15) is 0 Å². The van der Waals surface area contributed by atoms with Crippen molar-refractivity contribution >= 4 is 11.8 Å². The van der Waals surface area contributed by atoms with Crippen LogP contribution in [-0.4, -0.2) is 25.0 Å². The average molecular weight is 370 g/mol. The lowest BCUT2D eigenvalue weighted by Gasteiger charge is -2.15. The van der Waals surface area contributed by atoms with Crippen LogP contribution in [0.4, 0.5) is 0 Å². The first-order valence-corrected chi connectivity index (χ1v) is 8.85.